The third kappa shape index (κ3) is 21.1. The number of aliphatic hydroxyl groups is 5. The van der Waals surface area contributed by atoms with Crippen LogP contribution in [0.1, 0.15) is 135 Å². The molecule has 3 aromatic heterocycles. The molecule has 5 aliphatic rings. The maximum atomic E-state index is 15.1. The van der Waals surface area contributed by atoms with Crippen molar-refractivity contribution in [3.8, 4) is 11.4 Å². The zero-order chi connectivity index (χ0) is 79.4. The molecule has 0 saturated carbocycles. The summed E-state index contributed by atoms with van der Waals surface area (Å²) in [5.41, 5.74) is 5.89. The molecular formula is C77H117F2N13O16. The number of methoxy groups -OCH3 is 1. The van der Waals surface area contributed by atoms with Crippen molar-refractivity contribution in [3.05, 3.63) is 119 Å². The molecule has 5 aliphatic heterocycles. The highest BCUT2D eigenvalue weighted by atomic mass is 19.1. The maximum Gasteiger partial charge on any atom is 0.414 e. The first kappa shape index (κ1) is 86.4. The summed E-state index contributed by atoms with van der Waals surface area (Å²) in [5.74, 6) is -3.81. The molecule has 108 heavy (non-hydrogen) atoms. The van der Waals surface area contributed by atoms with Gasteiger partial charge in [-0.2, -0.15) is 0 Å². The largest absolute Gasteiger partial charge is 0.459 e. The Kier molecular flexibility index (Phi) is 30.1. The Bertz CT molecular complexity index is 3730. The zero-order valence-corrected chi connectivity index (χ0v) is 65.9. The van der Waals surface area contributed by atoms with E-state index >= 15 is 4.39 Å². The number of hydrogen-bond donors (Lipinski definition) is 5. The van der Waals surface area contributed by atoms with Crippen molar-refractivity contribution in [2.75, 3.05) is 70.3 Å². The molecular weight excluding hydrogens is 1400 g/mol. The summed E-state index contributed by atoms with van der Waals surface area (Å²) in [4.78, 5) is 51.0. The molecule has 5 fully saturated rings. The van der Waals surface area contributed by atoms with Crippen LogP contribution in [0.15, 0.2) is 96.8 Å². The molecule has 2 amide bonds. The smallest absolute Gasteiger partial charge is 0.414 e. The highest BCUT2D eigenvalue weighted by Crippen LogP contribution is 2.41. The van der Waals surface area contributed by atoms with Crippen LogP contribution in [0.5, 0.6) is 0 Å². The molecule has 0 radical (unpaired) electrons. The van der Waals surface area contributed by atoms with Crippen molar-refractivity contribution in [2.24, 2.45) is 22.9 Å². The minimum Gasteiger partial charge on any atom is -0.459 e. The van der Waals surface area contributed by atoms with Gasteiger partial charge >= 0.3 is 18.2 Å². The van der Waals surface area contributed by atoms with Crippen LogP contribution in [0, 0.1) is 29.4 Å². The summed E-state index contributed by atoms with van der Waals surface area (Å²) in [6.45, 7) is 31.3. The minimum absolute atomic E-state index is 0.0582. The molecule has 29 nitrogen and oxygen atoms in total. The Labute approximate surface area is 633 Å². The van der Waals surface area contributed by atoms with Crippen molar-refractivity contribution < 1.29 is 86.6 Å². The van der Waals surface area contributed by atoms with Gasteiger partial charge in [0.05, 0.1) is 96.2 Å². The van der Waals surface area contributed by atoms with Crippen molar-refractivity contribution in [3.63, 3.8) is 0 Å². The Morgan fingerprint density at radius 2 is 1.34 bits per heavy atom. The lowest BCUT2D eigenvalue weighted by molar-refractivity contribution is -0.318. The molecule has 5 saturated heterocycles. The Balaban J connectivity index is 0.000000388. The van der Waals surface area contributed by atoms with Crippen LogP contribution in [0.25, 0.3) is 21.8 Å². The molecule has 0 unspecified atom stereocenters. The Morgan fingerprint density at radius 1 is 0.778 bits per heavy atom. The van der Waals surface area contributed by atoms with E-state index in [-0.39, 0.29) is 51.4 Å². The fraction of sp³-hybridized carbons (Fsp3) is 0.675. The highest BCUT2D eigenvalue weighted by molar-refractivity contribution is 5.90. The second kappa shape index (κ2) is 37.7. The average Bonchev–Trinajstić information content (AvgIpc) is 0.939. The first-order valence-corrected chi connectivity index (χ1v) is 37.7. The minimum atomic E-state index is -1.86. The van der Waals surface area contributed by atoms with E-state index in [4.69, 9.17) is 43.4 Å². The van der Waals surface area contributed by atoms with E-state index < -0.39 is 144 Å². The third-order valence-electron chi connectivity index (χ3n) is 21.8. The van der Waals surface area contributed by atoms with Gasteiger partial charge in [-0.25, -0.2) is 23.1 Å². The van der Waals surface area contributed by atoms with E-state index in [9.17, 15) is 44.3 Å². The molecule has 10 rings (SSSR count). The van der Waals surface area contributed by atoms with Gasteiger partial charge in [0.15, 0.2) is 12.6 Å². The van der Waals surface area contributed by atoms with Gasteiger partial charge in [0, 0.05) is 99.0 Å². The van der Waals surface area contributed by atoms with Crippen LogP contribution < -0.4 is 9.80 Å². The first-order valence-electron chi connectivity index (χ1n) is 37.7. The number of halogens is 2. The third-order valence-corrected chi connectivity index (χ3v) is 21.8. The lowest BCUT2D eigenvalue weighted by Crippen LogP contribution is -2.61. The predicted molar refractivity (Wildman–Crippen MR) is 400 cm³/mol. The number of nitrogens with zero attached hydrogens (tertiary/aromatic N) is 13. The van der Waals surface area contributed by atoms with Crippen LogP contribution in [0.2, 0.25) is 0 Å². The monoisotopic (exact) mass is 1520 g/mol. The maximum absolute atomic E-state index is 15.1. The van der Waals surface area contributed by atoms with Gasteiger partial charge < -0.3 is 82.4 Å². The number of benzene rings is 2. The average molecular weight is 1520 g/mol. The molecule has 600 valence electrons. The quantitative estimate of drug-likeness (QED) is 0.0150. The molecule has 0 aliphatic carbocycles. The summed E-state index contributed by atoms with van der Waals surface area (Å²) in [6.07, 6.45) is -2.56. The van der Waals surface area contributed by atoms with E-state index in [0.29, 0.717) is 66.5 Å². The normalized spacial score (nSPS) is 32.5. The van der Waals surface area contributed by atoms with Crippen LogP contribution in [-0.2, 0) is 55.7 Å². The standard InChI is InChI=1S/C55H86FN7O14.C14H12FN5O2.C8H19N/c1-14-43-55(10,70)47(65)35(6)60(12)27-31(2)25-53(8,69)49(33(4)46(34(5)50(67)75-43)76-44-26-54(9,71-13)48(66)36(7)73-44)77-51-45(64)42(23-32(3)72-51)59(11)22-19-37-28-62(58-57-37)29-39-30-63(52(68)74-39)38-17-18-41(40(56)24-38)61-20-15-16-21-61;15-12-7-10(3-4-13(12)19-5-1-2-6-19)20-9-11(8-17-18-16)22-14(20)21;1-6-9(7(2)3)8(4)5/h15-18,20-21,24,28,31-36,39,42-49,51,64-66,69-70H,14,19,22-23,25-27,29-30H2,1-13H3;1-7,11H,8-9H2;7-8H,6H2,1-5H3/t31-,32-,33+,34-,35-,36+,39+,42+,43-,44+,45-,46+,47-,48+,49-,51+,53-,54-,55-;11-;/m10./s1. The number of hydrogen-bond acceptors (Lipinski definition) is 22. The van der Waals surface area contributed by atoms with Crippen molar-refractivity contribution in [2.45, 2.75) is 257 Å². The summed E-state index contributed by atoms with van der Waals surface area (Å²) in [6, 6.07) is 16.6. The van der Waals surface area contributed by atoms with Crippen LogP contribution in [0.4, 0.5) is 29.7 Å². The summed E-state index contributed by atoms with van der Waals surface area (Å²) in [7, 11) is 5.21. The van der Waals surface area contributed by atoms with E-state index in [1.165, 1.54) is 36.0 Å². The highest BCUT2D eigenvalue weighted by Gasteiger charge is 2.53. The van der Waals surface area contributed by atoms with E-state index in [0.717, 1.165) is 6.54 Å². The zero-order valence-electron chi connectivity index (χ0n) is 65.9. The van der Waals surface area contributed by atoms with Crippen LogP contribution in [0.3, 0.4) is 0 Å². The van der Waals surface area contributed by atoms with E-state index in [1.54, 1.807) is 142 Å². The number of likely N-dealkylation sites (N-methyl/N-ethyl adjacent to an activating group) is 2. The number of azide groups is 1. The van der Waals surface area contributed by atoms with Crippen molar-refractivity contribution in [1.29, 1.82) is 0 Å². The SMILES string of the molecule is CCN(C(C)C)C(C)C.CC[C@H]1OC(=O)[C@H](C)[C@@H](O[C@H]2C[C@@](C)(OC)[C@@H](O)[C@H](C)O2)[C@H](C)[C@@H](O[C@@H]2O[C@H](C)C[C@H](N(C)CCc3cn(C[C@H]4CN(c5ccc(-n6cccc6)c(F)c5)C(=O)O4)nn3)[C@H]2O)[C@](C)(O)C[C@@H](C)CN(C)[C@H](C)[C@@H](O)[C@]1(C)O.[N-]=[N+]=NC[C@H]1CN(c2ccc(-n3cccc3)c(F)c2)C(=O)O1. The topological polar surface area (TPSA) is 332 Å². The number of esters is 1. The molecule has 5 aromatic rings. The molecule has 0 spiro atoms. The molecule has 20 atom stereocenters. The van der Waals surface area contributed by atoms with Crippen molar-refractivity contribution >= 4 is 29.5 Å². The number of ether oxygens (including phenoxy) is 8. The summed E-state index contributed by atoms with van der Waals surface area (Å²) >= 11 is 0. The summed E-state index contributed by atoms with van der Waals surface area (Å²) in [5, 5.41) is 71.9. The van der Waals surface area contributed by atoms with Gasteiger partial charge in [0.2, 0.25) is 0 Å². The number of carbonyl (C=O) groups excluding carboxylic acids is 3. The first-order chi connectivity index (χ1) is 50.9. The predicted octanol–water partition coefficient (Wildman–Crippen LogP) is 9.44. The van der Waals surface area contributed by atoms with Gasteiger partial charge in [-0.1, -0.05) is 38.0 Å². The molecule has 8 heterocycles. The van der Waals surface area contributed by atoms with Gasteiger partial charge in [0.1, 0.15) is 53.9 Å². The van der Waals surface area contributed by atoms with Crippen molar-refractivity contribution in [1.82, 2.24) is 38.8 Å². The number of anilines is 2. The summed E-state index contributed by atoms with van der Waals surface area (Å²) < 4.78 is 83.3. The lowest BCUT2D eigenvalue weighted by atomic mass is 9.77. The number of aromatic nitrogens is 5. The Morgan fingerprint density at radius 3 is 1.86 bits per heavy atom. The van der Waals surface area contributed by atoms with Crippen LogP contribution >= 0.6 is 0 Å². The number of rotatable bonds is 21. The number of cyclic esters (lactones) is 3. The number of amides is 2. The van der Waals surface area contributed by atoms with Gasteiger partial charge in [-0.05, 0) is 188 Å². The Hall–Kier alpha value is -7.20. The van der Waals surface area contributed by atoms with Gasteiger partial charge in [-0.15, -0.1) is 5.10 Å². The molecule has 0 bridgehead atoms. The lowest BCUT2D eigenvalue weighted by Gasteiger charge is -2.49. The number of carbonyl (C=O) groups is 3. The van der Waals surface area contributed by atoms with Crippen LogP contribution in [-0.4, -0.2) is 258 Å². The second-order valence-electron chi connectivity index (χ2n) is 31.0. The van der Waals surface area contributed by atoms with E-state index in [2.05, 4.69) is 59.9 Å². The molecule has 31 heteroatoms. The number of aliphatic hydroxyl groups excluding tert-OH is 3. The van der Waals surface area contributed by atoms with E-state index in [1.807, 2.05) is 37.7 Å². The molecule has 5 N–H and O–H groups in total. The van der Waals surface area contributed by atoms with Gasteiger partial charge in [-0.3, -0.25) is 19.5 Å². The molecule has 2 aromatic carbocycles. The fourth-order valence-corrected chi connectivity index (χ4v) is 15.7. The van der Waals surface area contributed by atoms with Gasteiger partial charge in [0.25, 0.3) is 0 Å². The fourth-order valence-electron chi connectivity index (χ4n) is 15.7. The second-order valence-corrected chi connectivity index (χ2v) is 31.0.